The molecule has 0 heterocycles. The summed E-state index contributed by atoms with van der Waals surface area (Å²) < 4.78 is 5.26. The molecular formula is C15H23NO. The Labute approximate surface area is 104 Å². The van der Waals surface area contributed by atoms with Crippen LogP contribution in [0.3, 0.4) is 0 Å². The first kappa shape index (κ1) is 12.4. The van der Waals surface area contributed by atoms with Gasteiger partial charge in [-0.05, 0) is 49.4 Å². The predicted octanol–water partition coefficient (Wildman–Crippen LogP) is 3.33. The van der Waals surface area contributed by atoms with Crippen LogP contribution in [0.5, 0.6) is 5.75 Å². The molecule has 2 rings (SSSR count). The molecule has 0 unspecified atom stereocenters. The Bertz CT molecular complexity index is 345. The first-order chi connectivity index (χ1) is 8.33. The van der Waals surface area contributed by atoms with E-state index in [2.05, 4.69) is 30.4 Å². The number of rotatable bonds is 6. The molecule has 0 bridgehead atoms. The summed E-state index contributed by atoms with van der Waals surface area (Å²) >= 11 is 0. The third-order valence-corrected chi connectivity index (χ3v) is 3.67. The maximum atomic E-state index is 5.26. The quantitative estimate of drug-likeness (QED) is 0.761. The van der Waals surface area contributed by atoms with Crippen LogP contribution in [0.25, 0.3) is 0 Å². The zero-order valence-corrected chi connectivity index (χ0v) is 10.9. The molecule has 1 fully saturated rings. The summed E-state index contributed by atoms with van der Waals surface area (Å²) in [6, 6.07) is 9.23. The van der Waals surface area contributed by atoms with Crippen molar-refractivity contribution in [3.63, 3.8) is 0 Å². The van der Waals surface area contributed by atoms with Gasteiger partial charge in [0.15, 0.2) is 0 Å². The van der Waals surface area contributed by atoms with Gasteiger partial charge in [0.05, 0.1) is 7.11 Å². The zero-order chi connectivity index (χ0) is 12.1. The molecule has 1 aromatic rings. The van der Waals surface area contributed by atoms with E-state index in [1.165, 1.54) is 37.8 Å². The van der Waals surface area contributed by atoms with E-state index in [0.29, 0.717) is 0 Å². The largest absolute Gasteiger partial charge is 0.497 e. The minimum Gasteiger partial charge on any atom is -0.497 e. The van der Waals surface area contributed by atoms with Gasteiger partial charge >= 0.3 is 0 Å². The fourth-order valence-electron chi connectivity index (χ4n) is 2.44. The molecule has 2 heteroatoms. The Hall–Kier alpha value is -1.02. The summed E-state index contributed by atoms with van der Waals surface area (Å²) in [6.07, 6.45) is 5.12. The molecule has 1 aliphatic carbocycles. The third kappa shape index (κ3) is 3.22. The normalized spacial score (nSPS) is 23.2. The van der Waals surface area contributed by atoms with Crippen LogP contribution < -0.4 is 10.1 Å². The minimum absolute atomic E-state index is 0.726. The van der Waals surface area contributed by atoms with Crippen LogP contribution in [-0.2, 0) is 0 Å². The highest BCUT2D eigenvalue weighted by Crippen LogP contribution is 2.37. The second-order valence-electron chi connectivity index (χ2n) is 4.95. The second-order valence-corrected chi connectivity index (χ2v) is 4.95. The van der Waals surface area contributed by atoms with Gasteiger partial charge in [-0.3, -0.25) is 0 Å². The molecule has 0 aliphatic heterocycles. The van der Waals surface area contributed by atoms with Crippen molar-refractivity contribution >= 4 is 0 Å². The lowest BCUT2D eigenvalue weighted by Gasteiger charge is -2.36. The standard InChI is InChI=1S/C15H23NO/c1-3-4-8-16-14-9-13(10-14)12-6-5-7-15(11-12)17-2/h5-7,11,13-14,16H,3-4,8-10H2,1-2H3. The maximum absolute atomic E-state index is 5.26. The van der Waals surface area contributed by atoms with Crippen molar-refractivity contribution in [3.8, 4) is 5.75 Å². The fraction of sp³-hybridized carbons (Fsp3) is 0.600. The van der Waals surface area contributed by atoms with E-state index in [4.69, 9.17) is 4.74 Å². The van der Waals surface area contributed by atoms with E-state index in [-0.39, 0.29) is 0 Å². The highest BCUT2D eigenvalue weighted by atomic mass is 16.5. The van der Waals surface area contributed by atoms with Crippen molar-refractivity contribution in [1.82, 2.24) is 5.32 Å². The maximum Gasteiger partial charge on any atom is 0.119 e. The topological polar surface area (TPSA) is 21.3 Å². The number of unbranched alkanes of at least 4 members (excludes halogenated alkanes) is 1. The van der Waals surface area contributed by atoms with Crippen LogP contribution in [0.4, 0.5) is 0 Å². The molecule has 1 N–H and O–H groups in total. The number of hydrogen-bond acceptors (Lipinski definition) is 2. The molecule has 1 aromatic carbocycles. The summed E-state index contributed by atoms with van der Waals surface area (Å²) in [5, 5.41) is 3.62. The van der Waals surface area contributed by atoms with Crippen LogP contribution >= 0.6 is 0 Å². The SMILES string of the molecule is CCCCNC1CC(c2cccc(OC)c2)C1. The summed E-state index contributed by atoms with van der Waals surface area (Å²) in [7, 11) is 1.73. The molecule has 2 nitrogen and oxygen atoms in total. The van der Waals surface area contributed by atoms with Gasteiger partial charge in [-0.15, -0.1) is 0 Å². The minimum atomic E-state index is 0.726. The lowest BCUT2D eigenvalue weighted by atomic mass is 9.76. The first-order valence-electron chi connectivity index (χ1n) is 6.70. The van der Waals surface area contributed by atoms with Crippen molar-refractivity contribution in [2.45, 2.75) is 44.6 Å². The molecule has 0 saturated heterocycles. The molecular weight excluding hydrogens is 210 g/mol. The van der Waals surface area contributed by atoms with E-state index in [1.807, 2.05) is 6.07 Å². The van der Waals surface area contributed by atoms with Crippen molar-refractivity contribution < 1.29 is 4.74 Å². The molecule has 0 aromatic heterocycles. The van der Waals surface area contributed by atoms with Crippen LogP contribution in [0.2, 0.25) is 0 Å². The third-order valence-electron chi connectivity index (χ3n) is 3.67. The van der Waals surface area contributed by atoms with Gasteiger partial charge in [0.1, 0.15) is 5.75 Å². The van der Waals surface area contributed by atoms with Gasteiger partial charge < -0.3 is 10.1 Å². The monoisotopic (exact) mass is 233 g/mol. The van der Waals surface area contributed by atoms with Crippen LogP contribution in [0.15, 0.2) is 24.3 Å². The molecule has 94 valence electrons. The van der Waals surface area contributed by atoms with Crippen molar-refractivity contribution in [1.29, 1.82) is 0 Å². The Morgan fingerprint density at radius 1 is 1.35 bits per heavy atom. The Kier molecular flexibility index (Phi) is 4.43. The number of hydrogen-bond donors (Lipinski definition) is 1. The van der Waals surface area contributed by atoms with Crippen LogP contribution in [-0.4, -0.2) is 19.7 Å². The van der Waals surface area contributed by atoms with Crippen molar-refractivity contribution in [2.75, 3.05) is 13.7 Å². The first-order valence-corrected chi connectivity index (χ1v) is 6.70. The van der Waals surface area contributed by atoms with E-state index in [0.717, 1.165) is 17.7 Å². The number of nitrogens with one attached hydrogen (secondary N) is 1. The van der Waals surface area contributed by atoms with Gasteiger partial charge in [0.2, 0.25) is 0 Å². The van der Waals surface area contributed by atoms with Crippen molar-refractivity contribution in [2.24, 2.45) is 0 Å². The molecule has 0 atom stereocenters. The Balaban J connectivity index is 1.78. The lowest BCUT2D eigenvalue weighted by molar-refractivity contribution is 0.289. The summed E-state index contributed by atoms with van der Waals surface area (Å²) in [6.45, 7) is 3.41. The summed E-state index contributed by atoms with van der Waals surface area (Å²) in [5.41, 5.74) is 1.43. The van der Waals surface area contributed by atoms with Crippen molar-refractivity contribution in [3.05, 3.63) is 29.8 Å². The highest BCUT2D eigenvalue weighted by Gasteiger charge is 2.29. The Morgan fingerprint density at radius 3 is 2.88 bits per heavy atom. The predicted molar refractivity (Wildman–Crippen MR) is 71.7 cm³/mol. The number of benzene rings is 1. The highest BCUT2D eigenvalue weighted by molar-refractivity contribution is 5.32. The van der Waals surface area contributed by atoms with Gasteiger partial charge in [-0.1, -0.05) is 25.5 Å². The number of methoxy groups -OCH3 is 1. The molecule has 17 heavy (non-hydrogen) atoms. The van der Waals surface area contributed by atoms with Crippen LogP contribution in [0, 0.1) is 0 Å². The molecule has 0 amide bonds. The van der Waals surface area contributed by atoms with E-state index in [1.54, 1.807) is 7.11 Å². The lowest BCUT2D eigenvalue weighted by Crippen LogP contribution is -2.40. The molecule has 1 aliphatic rings. The average Bonchev–Trinajstić information content (AvgIpc) is 2.32. The zero-order valence-electron chi connectivity index (χ0n) is 10.9. The van der Waals surface area contributed by atoms with Gasteiger partial charge in [0, 0.05) is 6.04 Å². The fourth-order valence-corrected chi connectivity index (χ4v) is 2.44. The van der Waals surface area contributed by atoms with Crippen LogP contribution in [0.1, 0.15) is 44.1 Å². The van der Waals surface area contributed by atoms with E-state index < -0.39 is 0 Å². The smallest absolute Gasteiger partial charge is 0.119 e. The molecule has 0 radical (unpaired) electrons. The summed E-state index contributed by atoms with van der Waals surface area (Å²) in [5.74, 6) is 1.70. The second kappa shape index (κ2) is 6.06. The van der Waals surface area contributed by atoms with E-state index in [9.17, 15) is 0 Å². The summed E-state index contributed by atoms with van der Waals surface area (Å²) in [4.78, 5) is 0. The van der Waals surface area contributed by atoms with E-state index >= 15 is 0 Å². The molecule has 0 spiro atoms. The Morgan fingerprint density at radius 2 is 2.18 bits per heavy atom. The molecule has 1 saturated carbocycles. The van der Waals surface area contributed by atoms with Gasteiger partial charge in [0.25, 0.3) is 0 Å². The number of ether oxygens (including phenoxy) is 1. The average molecular weight is 233 g/mol. The van der Waals surface area contributed by atoms with Gasteiger partial charge in [-0.2, -0.15) is 0 Å². The van der Waals surface area contributed by atoms with Gasteiger partial charge in [-0.25, -0.2) is 0 Å².